The van der Waals surface area contributed by atoms with Gasteiger partial charge in [0.2, 0.25) is 5.91 Å². The normalized spacial score (nSPS) is 14.3. The van der Waals surface area contributed by atoms with Crippen molar-refractivity contribution in [1.29, 1.82) is 0 Å². The second-order valence-corrected chi connectivity index (χ2v) is 4.20. The number of rotatable bonds is 2. The number of carbonyl (C=O) groups excluding carboxylic acids is 1. The van der Waals surface area contributed by atoms with Crippen LogP contribution in [0.5, 0.6) is 0 Å². The molecule has 2 heteroatoms. The van der Waals surface area contributed by atoms with Crippen molar-refractivity contribution in [2.75, 3.05) is 6.54 Å². The molecule has 0 rings (SSSR count). The minimum atomic E-state index is 0.0566. The smallest absolute Gasteiger partial charge is 0.216 e. The van der Waals surface area contributed by atoms with Gasteiger partial charge in [-0.1, -0.05) is 27.7 Å². The van der Waals surface area contributed by atoms with Crippen LogP contribution in [0, 0.1) is 11.3 Å². The summed E-state index contributed by atoms with van der Waals surface area (Å²) in [6.07, 6.45) is 0. The van der Waals surface area contributed by atoms with Crippen molar-refractivity contribution in [1.82, 2.24) is 5.32 Å². The first kappa shape index (κ1) is 10.5. The van der Waals surface area contributed by atoms with Gasteiger partial charge in [-0.25, -0.2) is 0 Å². The molecule has 0 aromatic heterocycles. The van der Waals surface area contributed by atoms with Gasteiger partial charge >= 0.3 is 0 Å². The second-order valence-electron chi connectivity index (χ2n) is 4.20. The highest BCUT2D eigenvalue weighted by Crippen LogP contribution is 2.24. The van der Waals surface area contributed by atoms with Crippen LogP contribution in [0.15, 0.2) is 0 Å². The van der Waals surface area contributed by atoms with Crippen molar-refractivity contribution in [2.24, 2.45) is 11.3 Å². The van der Waals surface area contributed by atoms with Gasteiger partial charge in [-0.2, -0.15) is 0 Å². The highest BCUT2D eigenvalue weighted by atomic mass is 16.1. The van der Waals surface area contributed by atoms with Gasteiger partial charge in [0.05, 0.1) is 0 Å². The predicted molar refractivity (Wildman–Crippen MR) is 47.3 cm³/mol. The number of amides is 1. The van der Waals surface area contributed by atoms with E-state index in [4.69, 9.17) is 0 Å². The Hall–Kier alpha value is -0.530. The molecular formula is C9H19NO. The van der Waals surface area contributed by atoms with Crippen LogP contribution in [0.4, 0.5) is 0 Å². The Balaban J connectivity index is 3.70. The third kappa shape index (κ3) is 4.82. The van der Waals surface area contributed by atoms with Crippen LogP contribution < -0.4 is 5.32 Å². The van der Waals surface area contributed by atoms with Gasteiger partial charge in [-0.15, -0.1) is 0 Å². The number of hydrogen-bond donors (Lipinski definition) is 1. The summed E-state index contributed by atoms with van der Waals surface area (Å²) < 4.78 is 0. The van der Waals surface area contributed by atoms with Crippen LogP contribution in [0.3, 0.4) is 0 Å². The van der Waals surface area contributed by atoms with Crippen LogP contribution in [-0.4, -0.2) is 12.5 Å². The molecule has 0 unspecified atom stereocenters. The molecule has 0 heterocycles. The lowest BCUT2D eigenvalue weighted by molar-refractivity contribution is -0.119. The second kappa shape index (κ2) is 3.74. The lowest BCUT2D eigenvalue weighted by atomic mass is 9.82. The van der Waals surface area contributed by atoms with Gasteiger partial charge in [-0.3, -0.25) is 4.79 Å². The Labute approximate surface area is 69.4 Å². The average Bonchev–Trinajstić information content (AvgIpc) is 1.80. The summed E-state index contributed by atoms with van der Waals surface area (Å²) in [6.45, 7) is 11.0. The van der Waals surface area contributed by atoms with E-state index in [0.29, 0.717) is 5.92 Å². The summed E-state index contributed by atoms with van der Waals surface area (Å²) in [5.41, 5.74) is 0.280. The third-order valence-electron chi connectivity index (χ3n) is 2.14. The fourth-order valence-electron chi connectivity index (χ4n) is 0.603. The zero-order valence-corrected chi connectivity index (χ0v) is 8.19. The molecule has 0 aromatic rings. The molecule has 0 aliphatic heterocycles. The molecule has 0 saturated heterocycles. The van der Waals surface area contributed by atoms with E-state index in [-0.39, 0.29) is 11.3 Å². The van der Waals surface area contributed by atoms with Gasteiger partial charge in [0, 0.05) is 13.5 Å². The van der Waals surface area contributed by atoms with E-state index in [1.807, 2.05) is 0 Å². The maximum Gasteiger partial charge on any atom is 0.216 e. The van der Waals surface area contributed by atoms with E-state index in [1.54, 1.807) is 6.92 Å². The molecule has 0 bridgehead atoms. The predicted octanol–water partition coefficient (Wildman–Crippen LogP) is 1.80. The number of carbonyl (C=O) groups is 1. The quantitative estimate of drug-likeness (QED) is 0.650. The summed E-state index contributed by atoms with van der Waals surface area (Å²) in [5.74, 6) is 0.576. The van der Waals surface area contributed by atoms with Crippen LogP contribution in [0.25, 0.3) is 0 Å². The fourth-order valence-corrected chi connectivity index (χ4v) is 0.603. The van der Waals surface area contributed by atoms with Gasteiger partial charge in [0.25, 0.3) is 0 Å². The zero-order chi connectivity index (χ0) is 9.07. The van der Waals surface area contributed by atoms with E-state index in [9.17, 15) is 4.79 Å². The zero-order valence-electron chi connectivity index (χ0n) is 8.19. The SMILES string of the molecule is CC(=O)NC[C@@H](C)C(C)(C)C. The van der Waals surface area contributed by atoms with E-state index in [0.717, 1.165) is 6.54 Å². The van der Waals surface area contributed by atoms with Crippen molar-refractivity contribution in [3.63, 3.8) is 0 Å². The number of nitrogens with one attached hydrogen (secondary N) is 1. The van der Waals surface area contributed by atoms with Crippen molar-refractivity contribution in [3.05, 3.63) is 0 Å². The Morgan fingerprint density at radius 3 is 2.18 bits per heavy atom. The highest BCUT2D eigenvalue weighted by Gasteiger charge is 2.19. The summed E-state index contributed by atoms with van der Waals surface area (Å²) in [5, 5.41) is 2.81. The molecule has 1 atom stereocenters. The number of hydrogen-bond acceptors (Lipinski definition) is 1. The summed E-state index contributed by atoms with van der Waals surface area (Å²) in [7, 11) is 0. The van der Waals surface area contributed by atoms with Crippen LogP contribution in [0.2, 0.25) is 0 Å². The van der Waals surface area contributed by atoms with Gasteiger partial charge in [0.1, 0.15) is 0 Å². The van der Waals surface area contributed by atoms with Gasteiger partial charge < -0.3 is 5.32 Å². The minimum absolute atomic E-state index is 0.0566. The van der Waals surface area contributed by atoms with Crippen molar-refractivity contribution < 1.29 is 4.79 Å². The molecule has 2 nitrogen and oxygen atoms in total. The standard InChI is InChI=1S/C9H19NO/c1-7(9(3,4)5)6-10-8(2)11/h7H,6H2,1-5H3,(H,10,11)/t7-/m1/s1. The summed E-state index contributed by atoms with van der Waals surface area (Å²) >= 11 is 0. The Morgan fingerprint density at radius 2 is 1.91 bits per heavy atom. The van der Waals surface area contributed by atoms with E-state index >= 15 is 0 Å². The lowest BCUT2D eigenvalue weighted by Gasteiger charge is -2.27. The largest absolute Gasteiger partial charge is 0.356 e. The Bertz CT molecular complexity index is 135. The maximum absolute atomic E-state index is 10.6. The van der Waals surface area contributed by atoms with Crippen molar-refractivity contribution >= 4 is 5.91 Å². The average molecular weight is 157 g/mol. The molecule has 0 aliphatic rings. The maximum atomic E-state index is 10.6. The topological polar surface area (TPSA) is 29.1 Å². The van der Waals surface area contributed by atoms with Crippen LogP contribution >= 0.6 is 0 Å². The molecule has 1 amide bonds. The van der Waals surface area contributed by atoms with Crippen LogP contribution in [-0.2, 0) is 4.79 Å². The Kier molecular flexibility index (Phi) is 3.56. The molecule has 0 fully saturated rings. The summed E-state index contributed by atoms with van der Waals surface area (Å²) in [6, 6.07) is 0. The molecule has 66 valence electrons. The molecule has 0 saturated carbocycles. The first-order valence-corrected chi connectivity index (χ1v) is 4.08. The molecule has 11 heavy (non-hydrogen) atoms. The van der Waals surface area contributed by atoms with E-state index in [1.165, 1.54) is 0 Å². The summed E-state index contributed by atoms with van der Waals surface area (Å²) in [4.78, 5) is 10.6. The van der Waals surface area contributed by atoms with Crippen LogP contribution in [0.1, 0.15) is 34.6 Å². The molecule has 1 N–H and O–H groups in total. The first-order chi connectivity index (χ1) is 4.84. The van der Waals surface area contributed by atoms with Gasteiger partial charge in [-0.05, 0) is 11.3 Å². The monoisotopic (exact) mass is 157 g/mol. The highest BCUT2D eigenvalue weighted by molar-refractivity contribution is 5.72. The minimum Gasteiger partial charge on any atom is -0.356 e. The lowest BCUT2D eigenvalue weighted by Crippen LogP contribution is -2.32. The van der Waals surface area contributed by atoms with Crippen molar-refractivity contribution in [3.8, 4) is 0 Å². The molecule has 0 radical (unpaired) electrons. The fraction of sp³-hybridized carbons (Fsp3) is 0.889. The molecule has 0 aliphatic carbocycles. The van der Waals surface area contributed by atoms with Gasteiger partial charge in [0.15, 0.2) is 0 Å². The first-order valence-electron chi connectivity index (χ1n) is 4.08. The van der Waals surface area contributed by atoms with E-state index < -0.39 is 0 Å². The molecule has 0 aromatic carbocycles. The molecule has 0 spiro atoms. The van der Waals surface area contributed by atoms with Crippen molar-refractivity contribution in [2.45, 2.75) is 34.6 Å². The third-order valence-corrected chi connectivity index (χ3v) is 2.14. The Morgan fingerprint density at radius 1 is 1.45 bits per heavy atom. The van der Waals surface area contributed by atoms with E-state index in [2.05, 4.69) is 33.0 Å². The molecular weight excluding hydrogens is 138 g/mol.